The van der Waals surface area contributed by atoms with Crippen LogP contribution >= 0.6 is 0 Å². The van der Waals surface area contributed by atoms with E-state index in [-0.39, 0.29) is 0 Å². The molecule has 0 bridgehead atoms. The molecule has 0 spiro atoms. The number of aromatic nitrogens is 3. The maximum atomic E-state index is 12.8. The highest BCUT2D eigenvalue weighted by Crippen LogP contribution is 2.42. The van der Waals surface area contributed by atoms with Gasteiger partial charge in [0.25, 0.3) is 0 Å². The van der Waals surface area contributed by atoms with Crippen molar-refractivity contribution < 1.29 is 21.6 Å². The molecule has 2 aliphatic rings. The second-order valence-electron chi connectivity index (χ2n) is 8.27. The topological polar surface area (TPSA) is 101 Å². The van der Waals surface area contributed by atoms with Crippen LogP contribution in [0, 0.1) is 11.3 Å². The van der Waals surface area contributed by atoms with E-state index in [1.54, 1.807) is 9.29 Å². The Balaban J connectivity index is 1.60. The van der Waals surface area contributed by atoms with Crippen LogP contribution in [0.25, 0.3) is 28.1 Å². The van der Waals surface area contributed by atoms with E-state index < -0.39 is 27.1 Å². The lowest BCUT2D eigenvalue weighted by molar-refractivity contribution is -0.147. The van der Waals surface area contributed by atoms with Crippen molar-refractivity contribution in [2.24, 2.45) is 0 Å². The number of fused-ring (bicyclic) bond motifs is 1. The molecule has 5 rings (SSSR count). The summed E-state index contributed by atoms with van der Waals surface area (Å²) >= 11 is 0. The zero-order valence-electron chi connectivity index (χ0n) is 17.8. The van der Waals surface area contributed by atoms with E-state index in [0.717, 1.165) is 37.4 Å². The van der Waals surface area contributed by atoms with Gasteiger partial charge in [-0.05, 0) is 56.2 Å². The van der Waals surface area contributed by atoms with Crippen molar-refractivity contribution in [3.63, 3.8) is 0 Å². The lowest BCUT2D eigenvalue weighted by Crippen LogP contribution is -2.42. The monoisotopic (exact) mass is 485 g/mol. The minimum absolute atomic E-state index is 0.298. The highest BCUT2D eigenvalue weighted by atomic mass is 32.2. The fraction of sp³-hybridized carbons (Fsp3) is 0.261. The number of rotatable bonds is 6. The molecule has 0 saturated heterocycles. The molecular formula is C23H18F3N5O2S. The summed E-state index contributed by atoms with van der Waals surface area (Å²) in [6, 6.07) is 6.27. The largest absolute Gasteiger partial charge is 0.404 e. The molecule has 174 valence electrons. The second-order valence-corrected chi connectivity index (χ2v) is 9.98. The quantitative estimate of drug-likeness (QED) is 0.555. The van der Waals surface area contributed by atoms with Gasteiger partial charge in [0.05, 0.1) is 17.0 Å². The second kappa shape index (κ2) is 7.78. The summed E-state index contributed by atoms with van der Waals surface area (Å²) in [7, 11) is -4.45. The van der Waals surface area contributed by atoms with Crippen molar-refractivity contribution in [1.29, 1.82) is 5.26 Å². The Hall–Kier alpha value is -3.49. The SMILES string of the molecule is CC(NS(=O)(=O)c1ccc(-c2c(C#N)c3ccc(C4CC4)nc3n2C2=CC=C2)nc1)C(F)(F)F. The van der Waals surface area contributed by atoms with Crippen LogP contribution in [0.15, 0.2) is 53.6 Å². The molecule has 7 nitrogen and oxygen atoms in total. The predicted molar refractivity (Wildman–Crippen MR) is 119 cm³/mol. The van der Waals surface area contributed by atoms with Crippen LogP contribution in [0.3, 0.4) is 0 Å². The van der Waals surface area contributed by atoms with Crippen molar-refractivity contribution in [1.82, 2.24) is 19.3 Å². The Morgan fingerprint density at radius 1 is 1.24 bits per heavy atom. The summed E-state index contributed by atoms with van der Waals surface area (Å²) in [6.07, 6.45) is 3.96. The highest BCUT2D eigenvalue weighted by Gasteiger charge is 2.39. The van der Waals surface area contributed by atoms with Crippen molar-refractivity contribution in [2.45, 2.75) is 42.8 Å². The first-order valence-electron chi connectivity index (χ1n) is 10.5. The molecule has 1 fully saturated rings. The number of pyridine rings is 2. The van der Waals surface area contributed by atoms with Crippen molar-refractivity contribution in [3.8, 4) is 17.5 Å². The molecule has 34 heavy (non-hydrogen) atoms. The van der Waals surface area contributed by atoms with E-state index in [2.05, 4.69) is 11.1 Å². The van der Waals surface area contributed by atoms with Gasteiger partial charge in [-0.15, -0.1) is 0 Å². The van der Waals surface area contributed by atoms with E-state index in [0.29, 0.717) is 33.9 Å². The average Bonchev–Trinajstić information content (AvgIpc) is 3.55. The Labute approximate surface area is 193 Å². The summed E-state index contributed by atoms with van der Waals surface area (Å²) in [5.74, 6) is 0.404. The first kappa shape index (κ1) is 22.3. The van der Waals surface area contributed by atoms with Gasteiger partial charge >= 0.3 is 6.18 Å². The van der Waals surface area contributed by atoms with E-state index in [1.165, 1.54) is 12.1 Å². The molecular weight excluding hydrogens is 467 g/mol. The fourth-order valence-electron chi connectivity index (χ4n) is 3.77. The third-order valence-electron chi connectivity index (χ3n) is 5.85. The zero-order valence-corrected chi connectivity index (χ0v) is 18.7. The molecule has 1 saturated carbocycles. The van der Waals surface area contributed by atoms with Gasteiger partial charge in [-0.3, -0.25) is 9.55 Å². The molecule has 3 aromatic heterocycles. The van der Waals surface area contributed by atoms with Gasteiger partial charge in [0.1, 0.15) is 22.7 Å². The van der Waals surface area contributed by atoms with E-state index in [4.69, 9.17) is 4.98 Å². The van der Waals surface area contributed by atoms with Gasteiger partial charge in [0, 0.05) is 28.9 Å². The average molecular weight is 485 g/mol. The minimum atomic E-state index is -4.72. The first-order valence-corrected chi connectivity index (χ1v) is 12.0. The molecule has 2 aliphatic carbocycles. The summed E-state index contributed by atoms with van der Waals surface area (Å²) in [6.45, 7) is 0.722. The van der Waals surface area contributed by atoms with E-state index in [1.807, 2.05) is 30.4 Å². The molecule has 3 aromatic rings. The summed E-state index contributed by atoms with van der Waals surface area (Å²) < 4.78 is 66.7. The Kier molecular flexibility index (Phi) is 5.11. The number of hydrogen-bond donors (Lipinski definition) is 1. The van der Waals surface area contributed by atoms with E-state index in [9.17, 15) is 26.9 Å². The number of halogens is 3. The van der Waals surface area contributed by atoms with Gasteiger partial charge in [-0.1, -0.05) is 6.08 Å². The molecule has 0 aromatic carbocycles. The van der Waals surface area contributed by atoms with Crippen LogP contribution in [0.5, 0.6) is 0 Å². The number of nitrogens with zero attached hydrogens (tertiary/aromatic N) is 4. The molecule has 3 heterocycles. The minimum Gasteiger partial charge on any atom is -0.291 e. The normalized spacial score (nSPS) is 16.7. The van der Waals surface area contributed by atoms with E-state index >= 15 is 0 Å². The number of alkyl halides is 3. The summed E-state index contributed by atoms with van der Waals surface area (Å²) in [5, 5.41) is 10.6. The van der Waals surface area contributed by atoms with Gasteiger partial charge in [0.2, 0.25) is 10.0 Å². The third kappa shape index (κ3) is 3.78. The van der Waals surface area contributed by atoms with Crippen LogP contribution in [0.4, 0.5) is 13.2 Å². The van der Waals surface area contributed by atoms with Gasteiger partial charge in [-0.2, -0.15) is 23.2 Å². The van der Waals surface area contributed by atoms with Crippen molar-refractivity contribution in [2.75, 3.05) is 0 Å². The van der Waals surface area contributed by atoms with Crippen LogP contribution in [-0.4, -0.2) is 35.2 Å². The van der Waals surface area contributed by atoms with Crippen LogP contribution in [0.1, 0.15) is 36.9 Å². The molecule has 0 radical (unpaired) electrons. The number of nitriles is 1. The fourth-order valence-corrected chi connectivity index (χ4v) is 4.94. The number of sulfonamides is 1. The molecule has 11 heteroatoms. The van der Waals surface area contributed by atoms with Crippen LogP contribution in [-0.2, 0) is 10.0 Å². The summed E-state index contributed by atoms with van der Waals surface area (Å²) in [4.78, 5) is 8.60. The number of hydrogen-bond acceptors (Lipinski definition) is 5. The Morgan fingerprint density at radius 3 is 2.50 bits per heavy atom. The first-order chi connectivity index (χ1) is 16.1. The smallest absolute Gasteiger partial charge is 0.291 e. The number of nitrogens with one attached hydrogen (secondary N) is 1. The standard InChI is InChI=1S/C23H18F3N5O2S/c1-13(23(24,25)26)30-34(32,33)16-7-9-20(28-12-16)21-18(11-27)17-8-10-19(14-5-6-14)29-22(17)31(21)15-3-2-4-15/h2-4,7-10,12-14,30H,5-6H2,1H3. The van der Waals surface area contributed by atoms with Crippen LogP contribution in [0.2, 0.25) is 0 Å². The lowest BCUT2D eigenvalue weighted by atomic mass is 10.1. The molecule has 0 aliphatic heterocycles. The van der Waals surface area contributed by atoms with Gasteiger partial charge in [0.15, 0.2) is 0 Å². The maximum absolute atomic E-state index is 12.8. The maximum Gasteiger partial charge on any atom is 0.404 e. The molecule has 1 atom stereocenters. The van der Waals surface area contributed by atoms with Crippen LogP contribution < -0.4 is 4.72 Å². The Morgan fingerprint density at radius 2 is 1.97 bits per heavy atom. The van der Waals surface area contributed by atoms with Gasteiger partial charge < -0.3 is 0 Å². The molecule has 1 unspecified atom stereocenters. The molecule has 0 amide bonds. The predicted octanol–water partition coefficient (Wildman–Crippen LogP) is 4.49. The zero-order chi connectivity index (χ0) is 24.3. The molecule has 1 N–H and O–H groups in total. The third-order valence-corrected chi connectivity index (χ3v) is 7.38. The highest BCUT2D eigenvalue weighted by molar-refractivity contribution is 7.89. The number of allylic oxidation sites excluding steroid dienone is 4. The summed E-state index contributed by atoms with van der Waals surface area (Å²) in [5.41, 5.74) is 3.41. The Bertz CT molecular complexity index is 1510. The lowest BCUT2D eigenvalue weighted by Gasteiger charge is -2.17. The van der Waals surface area contributed by atoms with Gasteiger partial charge in [-0.25, -0.2) is 13.4 Å². The van der Waals surface area contributed by atoms with Crippen molar-refractivity contribution in [3.05, 3.63) is 59.9 Å². The van der Waals surface area contributed by atoms with Crippen molar-refractivity contribution >= 4 is 26.8 Å².